The van der Waals surface area contributed by atoms with Gasteiger partial charge in [-0.3, -0.25) is 0 Å². The first-order chi connectivity index (χ1) is 9.67. The van der Waals surface area contributed by atoms with Crippen molar-refractivity contribution >= 4 is 22.6 Å². The Kier molecular flexibility index (Phi) is 5.98. The number of rotatable bonds is 6. The lowest BCUT2D eigenvalue weighted by atomic mass is 9.99. The number of halogens is 2. The summed E-state index contributed by atoms with van der Waals surface area (Å²) in [5.41, 5.74) is 2.36. The highest BCUT2D eigenvalue weighted by Crippen LogP contribution is 2.12. The Balaban J connectivity index is 2.05. The molecule has 0 aliphatic rings. The minimum Gasteiger partial charge on any atom is -0.314 e. The number of hydrogen-bond donors (Lipinski definition) is 1. The maximum atomic E-state index is 13.3. The van der Waals surface area contributed by atoms with Crippen molar-refractivity contribution in [3.05, 3.63) is 69.0 Å². The molecule has 2 rings (SSSR count). The molecule has 1 N–H and O–H groups in total. The largest absolute Gasteiger partial charge is 0.314 e. The highest BCUT2D eigenvalue weighted by molar-refractivity contribution is 14.1. The summed E-state index contributed by atoms with van der Waals surface area (Å²) in [6.45, 7) is 3.02. The Labute approximate surface area is 133 Å². The average Bonchev–Trinajstić information content (AvgIpc) is 2.42. The van der Waals surface area contributed by atoms with Crippen LogP contribution in [-0.4, -0.2) is 12.6 Å². The molecular weight excluding hydrogens is 364 g/mol. The van der Waals surface area contributed by atoms with Crippen LogP contribution in [0, 0.1) is 9.39 Å². The van der Waals surface area contributed by atoms with Crippen molar-refractivity contribution in [1.29, 1.82) is 0 Å². The summed E-state index contributed by atoms with van der Waals surface area (Å²) in [7, 11) is 0. The van der Waals surface area contributed by atoms with E-state index in [0.717, 1.165) is 24.9 Å². The van der Waals surface area contributed by atoms with Gasteiger partial charge in [0.25, 0.3) is 0 Å². The summed E-state index contributed by atoms with van der Waals surface area (Å²) in [6, 6.07) is 15.8. The first-order valence-corrected chi connectivity index (χ1v) is 7.97. The van der Waals surface area contributed by atoms with Crippen molar-refractivity contribution in [1.82, 2.24) is 5.32 Å². The lowest BCUT2D eigenvalue weighted by Crippen LogP contribution is -2.33. The minimum absolute atomic E-state index is 0.160. The number of hydrogen-bond acceptors (Lipinski definition) is 1. The number of nitrogens with one attached hydrogen (secondary N) is 1. The Hall–Kier alpha value is -0.940. The van der Waals surface area contributed by atoms with E-state index in [9.17, 15) is 4.39 Å². The molecule has 0 aliphatic carbocycles. The molecule has 0 aromatic heterocycles. The van der Waals surface area contributed by atoms with Gasteiger partial charge in [-0.2, -0.15) is 0 Å². The molecule has 2 aromatic carbocycles. The summed E-state index contributed by atoms with van der Waals surface area (Å²) in [6.07, 6.45) is 1.80. The first kappa shape index (κ1) is 15.4. The molecule has 0 radical (unpaired) electrons. The third kappa shape index (κ3) is 4.87. The molecule has 1 atom stereocenters. The zero-order chi connectivity index (χ0) is 14.4. The van der Waals surface area contributed by atoms with Gasteiger partial charge in [0.05, 0.1) is 0 Å². The third-order valence-electron chi connectivity index (χ3n) is 3.26. The molecule has 2 aromatic rings. The molecule has 0 fully saturated rings. The molecule has 0 saturated heterocycles. The molecular formula is C17H19FIN. The third-order valence-corrected chi connectivity index (χ3v) is 3.98. The standard InChI is InChI=1S/C17H19FIN/c1-2-20-17(11-13-6-8-16(19)9-7-13)12-14-4-3-5-15(18)10-14/h3-10,17,20H,2,11-12H2,1H3. The monoisotopic (exact) mass is 383 g/mol. The maximum Gasteiger partial charge on any atom is 0.123 e. The van der Waals surface area contributed by atoms with Gasteiger partial charge in [0.2, 0.25) is 0 Å². The van der Waals surface area contributed by atoms with Crippen LogP contribution >= 0.6 is 22.6 Å². The van der Waals surface area contributed by atoms with Crippen molar-refractivity contribution in [3.63, 3.8) is 0 Å². The molecule has 0 saturated carbocycles. The highest BCUT2D eigenvalue weighted by atomic mass is 127. The van der Waals surface area contributed by atoms with Crippen molar-refractivity contribution in [2.45, 2.75) is 25.8 Å². The van der Waals surface area contributed by atoms with E-state index in [1.807, 2.05) is 6.07 Å². The molecule has 3 heteroatoms. The van der Waals surface area contributed by atoms with Crippen molar-refractivity contribution < 1.29 is 4.39 Å². The van der Waals surface area contributed by atoms with Gasteiger partial charge >= 0.3 is 0 Å². The number of benzene rings is 2. The normalized spacial score (nSPS) is 12.3. The summed E-state index contributed by atoms with van der Waals surface area (Å²) >= 11 is 2.31. The summed E-state index contributed by atoms with van der Waals surface area (Å²) in [5.74, 6) is -0.160. The van der Waals surface area contributed by atoms with Gasteiger partial charge in [-0.25, -0.2) is 4.39 Å². The van der Waals surface area contributed by atoms with Gasteiger partial charge in [0.15, 0.2) is 0 Å². The van der Waals surface area contributed by atoms with Gasteiger partial charge in [-0.1, -0.05) is 31.2 Å². The Bertz CT molecular complexity index is 539. The second-order valence-corrected chi connectivity index (χ2v) is 6.16. The smallest absolute Gasteiger partial charge is 0.123 e. The van der Waals surface area contributed by atoms with Crippen LogP contribution < -0.4 is 5.32 Å². The van der Waals surface area contributed by atoms with Gasteiger partial charge in [-0.15, -0.1) is 0 Å². The second-order valence-electron chi connectivity index (χ2n) is 4.92. The van der Waals surface area contributed by atoms with Crippen LogP contribution in [0.25, 0.3) is 0 Å². The van der Waals surface area contributed by atoms with E-state index >= 15 is 0 Å². The van der Waals surface area contributed by atoms with E-state index in [2.05, 4.69) is 59.1 Å². The van der Waals surface area contributed by atoms with E-state index < -0.39 is 0 Å². The molecule has 1 unspecified atom stereocenters. The Morgan fingerprint density at radius 3 is 2.40 bits per heavy atom. The van der Waals surface area contributed by atoms with E-state index in [1.54, 1.807) is 12.1 Å². The van der Waals surface area contributed by atoms with Crippen LogP contribution in [-0.2, 0) is 12.8 Å². The SMILES string of the molecule is CCNC(Cc1ccc(I)cc1)Cc1cccc(F)c1. The maximum absolute atomic E-state index is 13.3. The lowest BCUT2D eigenvalue weighted by molar-refractivity contribution is 0.519. The molecule has 20 heavy (non-hydrogen) atoms. The zero-order valence-corrected chi connectivity index (χ0v) is 13.7. The Morgan fingerprint density at radius 2 is 1.75 bits per heavy atom. The minimum atomic E-state index is -0.160. The molecule has 0 spiro atoms. The van der Waals surface area contributed by atoms with Gasteiger partial charge in [0.1, 0.15) is 5.82 Å². The van der Waals surface area contributed by atoms with Gasteiger partial charge in [0, 0.05) is 9.61 Å². The summed E-state index contributed by atoms with van der Waals surface area (Å²) in [4.78, 5) is 0. The summed E-state index contributed by atoms with van der Waals surface area (Å²) in [5, 5.41) is 3.49. The van der Waals surface area contributed by atoms with Gasteiger partial charge < -0.3 is 5.32 Å². The van der Waals surface area contributed by atoms with Crippen molar-refractivity contribution in [2.24, 2.45) is 0 Å². The quantitative estimate of drug-likeness (QED) is 0.738. The predicted molar refractivity (Wildman–Crippen MR) is 90.4 cm³/mol. The zero-order valence-electron chi connectivity index (χ0n) is 11.6. The molecule has 0 bridgehead atoms. The molecule has 106 valence electrons. The van der Waals surface area contributed by atoms with Gasteiger partial charge in [-0.05, 0) is 77.4 Å². The van der Waals surface area contributed by atoms with Crippen LogP contribution in [0.15, 0.2) is 48.5 Å². The van der Waals surface area contributed by atoms with Crippen molar-refractivity contribution in [2.75, 3.05) is 6.54 Å². The van der Waals surface area contributed by atoms with E-state index in [0.29, 0.717) is 6.04 Å². The predicted octanol–water partition coefficient (Wildman–Crippen LogP) is 4.19. The van der Waals surface area contributed by atoms with Crippen LogP contribution in [0.4, 0.5) is 4.39 Å². The van der Waals surface area contributed by atoms with E-state index in [1.165, 1.54) is 15.2 Å². The molecule has 0 aliphatic heterocycles. The highest BCUT2D eigenvalue weighted by Gasteiger charge is 2.10. The summed E-state index contributed by atoms with van der Waals surface area (Å²) < 4.78 is 14.5. The molecule has 1 nitrogen and oxygen atoms in total. The Morgan fingerprint density at radius 1 is 1.05 bits per heavy atom. The fraction of sp³-hybridized carbons (Fsp3) is 0.294. The number of likely N-dealkylation sites (N-methyl/N-ethyl adjacent to an activating group) is 1. The average molecular weight is 383 g/mol. The van der Waals surface area contributed by atoms with Crippen LogP contribution in [0.3, 0.4) is 0 Å². The van der Waals surface area contributed by atoms with E-state index in [4.69, 9.17) is 0 Å². The van der Waals surface area contributed by atoms with Crippen LogP contribution in [0.2, 0.25) is 0 Å². The fourth-order valence-corrected chi connectivity index (χ4v) is 2.72. The molecule has 0 heterocycles. The van der Waals surface area contributed by atoms with Crippen molar-refractivity contribution in [3.8, 4) is 0 Å². The lowest BCUT2D eigenvalue weighted by Gasteiger charge is -2.18. The first-order valence-electron chi connectivity index (χ1n) is 6.89. The fourth-order valence-electron chi connectivity index (χ4n) is 2.36. The molecule has 0 amide bonds. The van der Waals surface area contributed by atoms with Crippen LogP contribution in [0.5, 0.6) is 0 Å². The second kappa shape index (κ2) is 7.74. The van der Waals surface area contributed by atoms with E-state index in [-0.39, 0.29) is 5.82 Å². The topological polar surface area (TPSA) is 12.0 Å². The van der Waals surface area contributed by atoms with Crippen LogP contribution in [0.1, 0.15) is 18.1 Å².